The van der Waals surface area contributed by atoms with Gasteiger partial charge in [0.15, 0.2) is 5.37 Å². The summed E-state index contributed by atoms with van der Waals surface area (Å²) in [7, 11) is 6.12. The highest BCUT2D eigenvalue weighted by Gasteiger charge is 2.38. The number of rotatable bonds is 14. The van der Waals surface area contributed by atoms with Gasteiger partial charge in [0.05, 0.1) is 5.60 Å². The van der Waals surface area contributed by atoms with Crippen LogP contribution in [0.25, 0.3) is 0 Å². The molecule has 0 aromatic carbocycles. The number of carbonyl (C=O) groups excluding carboxylic acids is 4. The molecule has 5 amide bonds. The first-order chi connectivity index (χ1) is 16.5. The van der Waals surface area contributed by atoms with Gasteiger partial charge < -0.3 is 24.8 Å². The molecule has 0 unspecified atom stereocenters. The Bertz CT molecular complexity index is 714. The summed E-state index contributed by atoms with van der Waals surface area (Å²) in [6.07, 6.45) is 4.56. The lowest BCUT2D eigenvalue weighted by molar-refractivity contribution is -0.145. The molecule has 11 heteroatoms. The fraction of sp³-hybridized carbons (Fsp3) is 0.833. The predicted molar refractivity (Wildman–Crippen MR) is 139 cm³/mol. The summed E-state index contributed by atoms with van der Waals surface area (Å²) in [6.45, 7) is 8.74. The minimum absolute atomic E-state index is 0.116. The summed E-state index contributed by atoms with van der Waals surface area (Å²) in [4.78, 5) is 56.4. The fourth-order valence-electron chi connectivity index (χ4n) is 3.90. The summed E-state index contributed by atoms with van der Waals surface area (Å²) in [5, 5.41) is 3.87. The van der Waals surface area contributed by atoms with Crippen LogP contribution < -0.4 is 10.6 Å². The van der Waals surface area contributed by atoms with Gasteiger partial charge in [0, 0.05) is 41.1 Å². The highest BCUT2D eigenvalue weighted by Crippen LogP contribution is 2.24. The van der Waals surface area contributed by atoms with Crippen LogP contribution in [0.3, 0.4) is 0 Å². The van der Waals surface area contributed by atoms with Crippen molar-refractivity contribution in [3.05, 3.63) is 0 Å². The number of nitrogens with one attached hydrogen (secondary N) is 2. The van der Waals surface area contributed by atoms with Crippen LogP contribution in [0.4, 0.5) is 4.79 Å². The first kappa shape index (κ1) is 31.2. The van der Waals surface area contributed by atoms with Gasteiger partial charge >= 0.3 is 6.03 Å². The van der Waals surface area contributed by atoms with Crippen molar-refractivity contribution in [3.8, 4) is 0 Å². The van der Waals surface area contributed by atoms with Gasteiger partial charge in [0.1, 0.15) is 6.04 Å². The number of nitrogens with zero attached hydrogens (tertiary/aromatic N) is 3. The van der Waals surface area contributed by atoms with Crippen molar-refractivity contribution < 1.29 is 23.9 Å². The molecule has 10 nitrogen and oxygen atoms in total. The Morgan fingerprint density at radius 2 is 1.74 bits per heavy atom. The molecule has 2 atom stereocenters. The van der Waals surface area contributed by atoms with Crippen molar-refractivity contribution in [2.45, 2.75) is 76.3 Å². The fourth-order valence-corrected chi connectivity index (χ4v) is 5.07. The quantitative estimate of drug-likeness (QED) is 0.268. The molecule has 1 fully saturated rings. The highest BCUT2D eigenvalue weighted by molar-refractivity contribution is 8.00. The Kier molecular flexibility index (Phi) is 13.6. The predicted octanol–water partition coefficient (Wildman–Crippen LogP) is 1.89. The molecule has 1 rings (SSSR count). The van der Waals surface area contributed by atoms with E-state index in [4.69, 9.17) is 4.74 Å². The molecule has 0 aromatic rings. The molecular formula is C24H45N5O5S. The molecule has 202 valence electrons. The zero-order chi connectivity index (χ0) is 26.6. The monoisotopic (exact) mass is 515 g/mol. The average Bonchev–Trinajstić information content (AvgIpc) is 3.35. The van der Waals surface area contributed by atoms with Gasteiger partial charge in [-0.15, -0.1) is 11.8 Å². The minimum atomic E-state index is -0.961. The molecule has 0 saturated carbocycles. The van der Waals surface area contributed by atoms with Crippen molar-refractivity contribution in [3.63, 3.8) is 0 Å². The van der Waals surface area contributed by atoms with Crippen LogP contribution in [0.5, 0.6) is 0 Å². The number of hydrogen-bond acceptors (Lipinski definition) is 7. The molecule has 0 radical (unpaired) electrons. The van der Waals surface area contributed by atoms with Gasteiger partial charge in [0.25, 0.3) is 11.8 Å². The van der Waals surface area contributed by atoms with Crippen molar-refractivity contribution in [2.75, 3.05) is 53.6 Å². The third-order valence-corrected chi connectivity index (χ3v) is 7.69. The summed E-state index contributed by atoms with van der Waals surface area (Å²) >= 11 is 1.42. The van der Waals surface area contributed by atoms with E-state index in [9.17, 15) is 19.2 Å². The van der Waals surface area contributed by atoms with Crippen molar-refractivity contribution >= 4 is 35.5 Å². The Labute approximate surface area is 214 Å². The summed E-state index contributed by atoms with van der Waals surface area (Å²) in [5.74, 6) is -0.365. The van der Waals surface area contributed by atoms with E-state index in [1.54, 1.807) is 7.05 Å². The Morgan fingerprint density at radius 1 is 1.11 bits per heavy atom. The molecule has 0 aliphatic carbocycles. The molecule has 2 N–H and O–H groups in total. The maximum atomic E-state index is 13.7. The van der Waals surface area contributed by atoms with Crippen LogP contribution in [0.2, 0.25) is 0 Å². The lowest BCUT2D eigenvalue weighted by Crippen LogP contribution is -2.56. The van der Waals surface area contributed by atoms with Crippen LogP contribution in [-0.4, -0.2) is 109 Å². The number of carbonyl (C=O) groups is 4. The van der Waals surface area contributed by atoms with Gasteiger partial charge in [-0.25, -0.2) is 4.79 Å². The largest absolute Gasteiger partial charge is 0.379 e. The molecule has 1 aliphatic heterocycles. The number of methoxy groups -OCH3 is 1. The van der Waals surface area contributed by atoms with Crippen molar-refractivity contribution in [1.29, 1.82) is 0 Å². The Hall–Kier alpha value is -1.85. The normalized spacial score (nSPS) is 15.9. The molecule has 1 aliphatic rings. The van der Waals surface area contributed by atoms with Gasteiger partial charge in [-0.2, -0.15) is 0 Å². The van der Waals surface area contributed by atoms with Gasteiger partial charge in [-0.3, -0.25) is 19.7 Å². The van der Waals surface area contributed by atoms with E-state index in [1.807, 2.05) is 20.8 Å². The van der Waals surface area contributed by atoms with E-state index < -0.39 is 29.0 Å². The standard InChI is InChI=1S/C24H45N5O5S/c1-8-12-19(30)28(6)22(35-16-11-15-29-13-9-10-14-29)21(32)27(5)18(17-24(2,3)34-7)20(31)26-23(33)25-4/h18,22H,8-17H2,1-7H3,(H2,25,26,31,33)/t18-,22+/m0/s1. The van der Waals surface area contributed by atoms with Crippen LogP contribution >= 0.6 is 11.8 Å². The number of imide groups is 1. The number of hydrogen-bond donors (Lipinski definition) is 2. The highest BCUT2D eigenvalue weighted by atomic mass is 32.2. The maximum absolute atomic E-state index is 13.7. The lowest BCUT2D eigenvalue weighted by atomic mass is 9.97. The number of ether oxygens (including phenoxy) is 1. The average molecular weight is 516 g/mol. The molecule has 0 spiro atoms. The van der Waals surface area contributed by atoms with Crippen LogP contribution in [0, 0.1) is 0 Å². The van der Waals surface area contributed by atoms with E-state index in [2.05, 4.69) is 15.5 Å². The summed E-state index contributed by atoms with van der Waals surface area (Å²) < 4.78 is 5.49. The van der Waals surface area contributed by atoms with Crippen LogP contribution in [0.15, 0.2) is 0 Å². The molecular weight excluding hydrogens is 470 g/mol. The van der Waals surface area contributed by atoms with E-state index >= 15 is 0 Å². The van der Waals surface area contributed by atoms with E-state index in [-0.39, 0.29) is 18.2 Å². The van der Waals surface area contributed by atoms with Crippen LogP contribution in [0.1, 0.15) is 59.3 Å². The lowest BCUT2D eigenvalue weighted by Gasteiger charge is -2.36. The second-order valence-electron chi connectivity index (χ2n) is 9.58. The second kappa shape index (κ2) is 15.3. The topological polar surface area (TPSA) is 111 Å². The third kappa shape index (κ3) is 10.3. The van der Waals surface area contributed by atoms with E-state index in [1.165, 1.54) is 55.6 Å². The second-order valence-corrected chi connectivity index (χ2v) is 10.8. The SMILES string of the molecule is CCCC(=O)N(C)[C@H](SCCCN1CCCC1)C(=O)N(C)[C@@H](CC(C)(C)OC)C(=O)NC(=O)NC. The molecule has 1 heterocycles. The van der Waals surface area contributed by atoms with E-state index in [0.717, 1.165) is 26.1 Å². The molecule has 35 heavy (non-hydrogen) atoms. The van der Waals surface area contributed by atoms with E-state index in [0.29, 0.717) is 18.6 Å². The third-order valence-electron chi connectivity index (χ3n) is 6.33. The number of likely N-dealkylation sites (N-methyl/N-ethyl adjacent to an activating group) is 2. The molecule has 1 saturated heterocycles. The number of urea groups is 1. The van der Waals surface area contributed by atoms with Gasteiger partial charge in [-0.1, -0.05) is 6.92 Å². The first-order valence-electron chi connectivity index (χ1n) is 12.4. The Balaban J connectivity index is 3.05. The van der Waals surface area contributed by atoms with Gasteiger partial charge in [0.2, 0.25) is 5.91 Å². The maximum Gasteiger partial charge on any atom is 0.321 e. The number of amides is 5. The first-order valence-corrected chi connectivity index (χ1v) is 13.5. The van der Waals surface area contributed by atoms with Crippen molar-refractivity contribution in [1.82, 2.24) is 25.3 Å². The summed E-state index contributed by atoms with van der Waals surface area (Å²) in [6, 6.07) is -1.61. The number of thioether (sulfide) groups is 1. The minimum Gasteiger partial charge on any atom is -0.379 e. The van der Waals surface area contributed by atoms with Crippen molar-refractivity contribution in [2.24, 2.45) is 0 Å². The molecule has 0 bridgehead atoms. The summed E-state index contributed by atoms with van der Waals surface area (Å²) in [5.41, 5.74) is -0.721. The zero-order valence-corrected chi connectivity index (χ0v) is 23.3. The number of likely N-dealkylation sites (tertiary alicyclic amines) is 1. The zero-order valence-electron chi connectivity index (χ0n) is 22.5. The van der Waals surface area contributed by atoms with Gasteiger partial charge in [-0.05, 0) is 64.9 Å². The van der Waals surface area contributed by atoms with Crippen LogP contribution in [-0.2, 0) is 19.1 Å². The smallest absolute Gasteiger partial charge is 0.321 e. The Morgan fingerprint density at radius 3 is 2.29 bits per heavy atom. The molecule has 0 aromatic heterocycles.